The van der Waals surface area contributed by atoms with Crippen molar-refractivity contribution < 1.29 is 22.7 Å². The van der Waals surface area contributed by atoms with Gasteiger partial charge in [-0.25, -0.2) is 8.42 Å². The molecule has 0 saturated heterocycles. The van der Waals surface area contributed by atoms with Gasteiger partial charge < -0.3 is 15.0 Å². The predicted octanol–water partition coefficient (Wildman–Crippen LogP) is 6.41. The molecule has 8 nitrogen and oxygen atoms in total. The number of ether oxygens (including phenoxy) is 1. The minimum absolute atomic E-state index is 0.0127. The van der Waals surface area contributed by atoms with Gasteiger partial charge in [-0.2, -0.15) is 0 Å². The molecule has 0 heterocycles. The first kappa shape index (κ1) is 34.5. The van der Waals surface area contributed by atoms with Crippen LogP contribution in [0.1, 0.15) is 37.5 Å². The van der Waals surface area contributed by atoms with Crippen LogP contribution in [0.3, 0.4) is 0 Å². The van der Waals surface area contributed by atoms with Crippen molar-refractivity contribution >= 4 is 39.1 Å². The van der Waals surface area contributed by atoms with Crippen LogP contribution in [-0.2, 0) is 32.6 Å². The third-order valence-corrected chi connectivity index (χ3v) is 9.36. The number of carbonyl (C=O) groups is 2. The van der Waals surface area contributed by atoms with E-state index in [0.717, 1.165) is 21.0 Å². The van der Waals surface area contributed by atoms with Crippen LogP contribution >= 0.6 is 11.6 Å². The molecule has 4 aromatic carbocycles. The lowest BCUT2D eigenvalue weighted by molar-refractivity contribution is -0.140. The van der Waals surface area contributed by atoms with Crippen LogP contribution in [0.4, 0.5) is 5.69 Å². The Labute approximate surface area is 277 Å². The molecule has 10 heteroatoms. The van der Waals surface area contributed by atoms with Crippen LogP contribution in [0.25, 0.3) is 0 Å². The molecule has 0 aliphatic carbocycles. The molecule has 0 saturated carbocycles. The molecule has 0 fully saturated rings. The van der Waals surface area contributed by atoms with Crippen molar-refractivity contribution in [3.63, 3.8) is 0 Å². The molecule has 242 valence electrons. The van der Waals surface area contributed by atoms with Gasteiger partial charge in [0.25, 0.3) is 10.0 Å². The molecular formula is C36H40ClN3O5S. The van der Waals surface area contributed by atoms with Crippen LogP contribution in [0.15, 0.2) is 108 Å². The number of benzene rings is 4. The number of anilines is 1. The number of sulfonamides is 1. The molecule has 2 amide bonds. The molecule has 1 unspecified atom stereocenters. The zero-order valence-corrected chi connectivity index (χ0v) is 28.3. The van der Waals surface area contributed by atoms with Crippen LogP contribution in [-0.4, -0.2) is 50.4 Å². The first-order valence-corrected chi connectivity index (χ1v) is 16.7. The third-order valence-electron chi connectivity index (χ3n) is 7.28. The summed E-state index contributed by atoms with van der Waals surface area (Å²) in [5, 5.41) is 3.22. The van der Waals surface area contributed by atoms with Gasteiger partial charge >= 0.3 is 0 Å². The number of nitrogens with zero attached hydrogens (tertiary/aromatic N) is 2. The molecule has 4 aromatic rings. The molecule has 1 atom stereocenters. The van der Waals surface area contributed by atoms with Crippen molar-refractivity contribution in [2.75, 3.05) is 18.0 Å². The molecule has 0 aromatic heterocycles. The molecule has 0 radical (unpaired) electrons. The van der Waals surface area contributed by atoms with E-state index in [2.05, 4.69) is 5.32 Å². The number of hydrogen-bond donors (Lipinski definition) is 1. The summed E-state index contributed by atoms with van der Waals surface area (Å²) in [6, 6.07) is 28.7. The van der Waals surface area contributed by atoms with Crippen LogP contribution in [0, 0.1) is 6.92 Å². The lowest BCUT2D eigenvalue weighted by Crippen LogP contribution is -2.56. The van der Waals surface area contributed by atoms with Crippen molar-refractivity contribution in [2.45, 2.75) is 57.1 Å². The fourth-order valence-corrected chi connectivity index (χ4v) is 6.62. The van der Waals surface area contributed by atoms with Gasteiger partial charge in [0.2, 0.25) is 11.8 Å². The van der Waals surface area contributed by atoms with Crippen LogP contribution in [0.2, 0.25) is 5.02 Å². The second-order valence-corrected chi connectivity index (χ2v) is 14.4. The SMILES string of the molecule is COc1ccc(N(CC(=O)N(Cc2ccccc2)C(Cc2ccccc2)C(=O)NC(C)(C)C)S(=O)(=O)c2ccc(C)cc2)cc1Cl. The maximum atomic E-state index is 14.6. The second-order valence-electron chi connectivity index (χ2n) is 12.1. The highest BCUT2D eigenvalue weighted by Gasteiger charge is 2.35. The summed E-state index contributed by atoms with van der Waals surface area (Å²) in [6.07, 6.45) is 0.223. The van der Waals surface area contributed by atoms with E-state index >= 15 is 0 Å². The molecule has 0 aliphatic heterocycles. The van der Waals surface area contributed by atoms with E-state index in [1.54, 1.807) is 24.3 Å². The quantitative estimate of drug-likeness (QED) is 0.189. The van der Waals surface area contributed by atoms with Gasteiger partial charge in [-0.1, -0.05) is 90.0 Å². The maximum absolute atomic E-state index is 14.6. The second kappa shape index (κ2) is 14.8. The number of amides is 2. The van der Waals surface area contributed by atoms with Crippen molar-refractivity contribution in [1.82, 2.24) is 10.2 Å². The first-order chi connectivity index (χ1) is 21.8. The summed E-state index contributed by atoms with van der Waals surface area (Å²) >= 11 is 6.45. The molecule has 0 bridgehead atoms. The molecule has 0 aliphatic rings. The number of rotatable bonds is 12. The number of aryl methyl sites for hydroxylation is 1. The number of carbonyl (C=O) groups excluding carboxylic acids is 2. The van der Waals surface area contributed by atoms with Crippen LogP contribution < -0.4 is 14.4 Å². The summed E-state index contributed by atoms with van der Waals surface area (Å²) < 4.78 is 34.7. The predicted molar refractivity (Wildman–Crippen MR) is 183 cm³/mol. The van der Waals surface area contributed by atoms with Gasteiger partial charge in [0.05, 0.1) is 22.7 Å². The highest BCUT2D eigenvalue weighted by molar-refractivity contribution is 7.92. The Morgan fingerprint density at radius 2 is 1.46 bits per heavy atom. The van der Waals surface area contributed by atoms with Gasteiger partial charge in [0.15, 0.2) is 0 Å². The average Bonchev–Trinajstić information content (AvgIpc) is 3.01. The van der Waals surface area contributed by atoms with E-state index in [4.69, 9.17) is 16.3 Å². The molecule has 4 rings (SSSR count). The van der Waals surface area contributed by atoms with E-state index in [1.807, 2.05) is 88.4 Å². The molecule has 0 spiro atoms. The van der Waals surface area contributed by atoms with Crippen molar-refractivity contribution in [3.05, 3.63) is 125 Å². The number of nitrogens with one attached hydrogen (secondary N) is 1. The van der Waals surface area contributed by atoms with Gasteiger partial charge in [0, 0.05) is 18.5 Å². The summed E-state index contributed by atoms with van der Waals surface area (Å²) in [5.41, 5.74) is 2.13. The van der Waals surface area contributed by atoms with Crippen molar-refractivity contribution in [2.24, 2.45) is 0 Å². The highest BCUT2D eigenvalue weighted by Crippen LogP contribution is 2.32. The largest absolute Gasteiger partial charge is 0.495 e. The summed E-state index contributed by atoms with van der Waals surface area (Å²) in [4.78, 5) is 30.0. The Balaban J connectivity index is 1.83. The molecule has 1 N–H and O–H groups in total. The Bertz CT molecular complexity index is 1740. The van der Waals surface area contributed by atoms with E-state index in [0.29, 0.717) is 5.75 Å². The third kappa shape index (κ3) is 8.89. The zero-order valence-electron chi connectivity index (χ0n) is 26.7. The Hall–Kier alpha value is -4.34. The smallest absolute Gasteiger partial charge is 0.264 e. The minimum Gasteiger partial charge on any atom is -0.495 e. The van der Waals surface area contributed by atoms with E-state index in [-0.39, 0.29) is 34.5 Å². The summed E-state index contributed by atoms with van der Waals surface area (Å²) in [5.74, 6) is -0.547. The minimum atomic E-state index is -4.26. The summed E-state index contributed by atoms with van der Waals surface area (Å²) in [7, 11) is -2.80. The van der Waals surface area contributed by atoms with Crippen molar-refractivity contribution in [1.29, 1.82) is 0 Å². The van der Waals surface area contributed by atoms with Gasteiger partial charge in [-0.05, 0) is 69.2 Å². The number of halogens is 1. The lowest BCUT2D eigenvalue weighted by Gasteiger charge is -2.35. The zero-order chi connectivity index (χ0) is 33.5. The Morgan fingerprint density at radius 1 is 0.870 bits per heavy atom. The lowest BCUT2D eigenvalue weighted by atomic mass is 10.0. The fraction of sp³-hybridized carbons (Fsp3) is 0.278. The van der Waals surface area contributed by atoms with Crippen LogP contribution in [0.5, 0.6) is 5.75 Å². The highest BCUT2D eigenvalue weighted by atomic mass is 35.5. The number of methoxy groups -OCH3 is 1. The van der Waals surface area contributed by atoms with E-state index in [9.17, 15) is 18.0 Å². The average molecular weight is 662 g/mol. The fourth-order valence-electron chi connectivity index (χ4n) is 4.96. The number of hydrogen-bond acceptors (Lipinski definition) is 5. The monoisotopic (exact) mass is 661 g/mol. The standard InChI is InChI=1S/C36H40ClN3O5S/c1-26-16-19-30(20-17-26)46(43,44)40(29-18-21-33(45-5)31(37)23-29)25-34(41)39(24-28-14-10-7-11-15-28)32(35(42)38-36(2,3)4)22-27-12-8-6-9-13-27/h6-21,23,32H,22,24-25H2,1-5H3,(H,38,42). The van der Waals surface area contributed by atoms with Crippen molar-refractivity contribution in [3.8, 4) is 5.75 Å². The Morgan fingerprint density at radius 3 is 2.00 bits per heavy atom. The maximum Gasteiger partial charge on any atom is 0.264 e. The first-order valence-electron chi connectivity index (χ1n) is 14.9. The van der Waals surface area contributed by atoms with E-state index in [1.165, 1.54) is 30.2 Å². The van der Waals surface area contributed by atoms with Gasteiger partial charge in [-0.3, -0.25) is 13.9 Å². The molecular weight excluding hydrogens is 622 g/mol. The van der Waals surface area contributed by atoms with E-state index < -0.39 is 34.1 Å². The van der Waals surface area contributed by atoms with Gasteiger partial charge in [0.1, 0.15) is 18.3 Å². The van der Waals surface area contributed by atoms with Gasteiger partial charge in [-0.15, -0.1) is 0 Å². The topological polar surface area (TPSA) is 96.0 Å². The molecule has 46 heavy (non-hydrogen) atoms. The normalized spacial score (nSPS) is 12.2. The summed E-state index contributed by atoms with van der Waals surface area (Å²) in [6.45, 7) is 6.97. The Kier molecular flexibility index (Phi) is 11.1.